The number of carbonyl (C=O) groups is 2. The number of esters is 2. The third-order valence-electron chi connectivity index (χ3n) is 3.35. The van der Waals surface area contributed by atoms with Crippen molar-refractivity contribution in [3.63, 3.8) is 0 Å². The smallest absolute Gasteiger partial charge is 0.311 e. The first kappa shape index (κ1) is 18.9. The molecular weight excluding hydrogens is 260 g/mol. The summed E-state index contributed by atoms with van der Waals surface area (Å²) in [6, 6.07) is 0. The molecule has 2 unspecified atom stereocenters. The Kier molecular flexibility index (Phi) is 8.46. The van der Waals surface area contributed by atoms with Gasteiger partial charge in [-0.25, -0.2) is 0 Å². The van der Waals surface area contributed by atoms with Crippen LogP contribution >= 0.6 is 0 Å². The fraction of sp³-hybridized carbons (Fsp3) is 0.867. The molecule has 5 heteroatoms. The van der Waals surface area contributed by atoms with Gasteiger partial charge in [0.05, 0.1) is 17.9 Å². The summed E-state index contributed by atoms with van der Waals surface area (Å²) in [7, 11) is 0. The van der Waals surface area contributed by atoms with E-state index in [2.05, 4.69) is 0 Å². The van der Waals surface area contributed by atoms with Gasteiger partial charge in [0.25, 0.3) is 0 Å². The Labute approximate surface area is 122 Å². The molecule has 0 aliphatic rings. The second-order valence-corrected chi connectivity index (χ2v) is 5.68. The van der Waals surface area contributed by atoms with Crippen LogP contribution in [0, 0.1) is 5.41 Å². The standard InChI is InChI=1S/C15H28O5/c1-7-11(3)18-10-19-13(16)9-12(4)20-14(17)15(5,6)8-2/h11-12H,7-10H2,1-6H3. The lowest BCUT2D eigenvalue weighted by atomic mass is 9.90. The number of rotatable bonds is 9. The first-order valence-corrected chi connectivity index (χ1v) is 7.21. The lowest BCUT2D eigenvalue weighted by molar-refractivity contribution is -0.168. The molecule has 0 radical (unpaired) electrons. The maximum Gasteiger partial charge on any atom is 0.311 e. The molecule has 0 aromatic carbocycles. The molecule has 0 aliphatic carbocycles. The molecule has 20 heavy (non-hydrogen) atoms. The Morgan fingerprint density at radius 1 is 1.10 bits per heavy atom. The Balaban J connectivity index is 3.99. The van der Waals surface area contributed by atoms with Crippen LogP contribution in [0.15, 0.2) is 0 Å². The van der Waals surface area contributed by atoms with Gasteiger partial charge >= 0.3 is 11.9 Å². The third kappa shape index (κ3) is 7.48. The van der Waals surface area contributed by atoms with Gasteiger partial charge in [-0.2, -0.15) is 0 Å². The molecule has 5 nitrogen and oxygen atoms in total. The Morgan fingerprint density at radius 2 is 1.70 bits per heavy atom. The fourth-order valence-corrected chi connectivity index (χ4v) is 1.16. The largest absolute Gasteiger partial charge is 0.462 e. The van der Waals surface area contributed by atoms with E-state index in [0.717, 1.165) is 6.42 Å². The minimum Gasteiger partial charge on any atom is -0.462 e. The van der Waals surface area contributed by atoms with Crippen LogP contribution in [0.1, 0.15) is 60.8 Å². The lowest BCUT2D eigenvalue weighted by Gasteiger charge is -2.23. The van der Waals surface area contributed by atoms with Gasteiger partial charge in [0, 0.05) is 0 Å². The fourth-order valence-electron chi connectivity index (χ4n) is 1.16. The maximum atomic E-state index is 11.8. The van der Waals surface area contributed by atoms with Gasteiger partial charge in [-0.05, 0) is 40.5 Å². The Morgan fingerprint density at radius 3 is 2.20 bits per heavy atom. The van der Waals surface area contributed by atoms with Crippen molar-refractivity contribution in [1.82, 2.24) is 0 Å². The van der Waals surface area contributed by atoms with Crippen LogP contribution in [0.3, 0.4) is 0 Å². The normalized spacial score (nSPS) is 14.5. The van der Waals surface area contributed by atoms with Gasteiger partial charge in [-0.3, -0.25) is 9.59 Å². The van der Waals surface area contributed by atoms with Gasteiger partial charge in [-0.1, -0.05) is 13.8 Å². The molecule has 2 atom stereocenters. The second kappa shape index (κ2) is 8.95. The van der Waals surface area contributed by atoms with Crippen molar-refractivity contribution in [2.75, 3.05) is 6.79 Å². The molecule has 0 aromatic heterocycles. The number of hydrogen-bond acceptors (Lipinski definition) is 5. The van der Waals surface area contributed by atoms with Crippen molar-refractivity contribution >= 4 is 11.9 Å². The minimum atomic E-state index is -0.530. The average Bonchev–Trinajstić information content (AvgIpc) is 2.37. The van der Waals surface area contributed by atoms with Crippen molar-refractivity contribution in [2.24, 2.45) is 5.41 Å². The van der Waals surface area contributed by atoms with Crippen molar-refractivity contribution in [3.8, 4) is 0 Å². The summed E-state index contributed by atoms with van der Waals surface area (Å²) in [6.07, 6.45) is 1.14. The summed E-state index contributed by atoms with van der Waals surface area (Å²) < 4.78 is 15.4. The molecule has 0 amide bonds. The minimum absolute atomic E-state index is 0.0371. The maximum absolute atomic E-state index is 11.8. The summed E-state index contributed by atoms with van der Waals surface area (Å²) in [5.41, 5.74) is -0.530. The van der Waals surface area contributed by atoms with E-state index in [4.69, 9.17) is 14.2 Å². The first-order chi connectivity index (χ1) is 9.22. The molecule has 0 rings (SSSR count). The molecule has 0 fully saturated rings. The van der Waals surface area contributed by atoms with Gasteiger partial charge in [0.15, 0.2) is 6.79 Å². The number of carbonyl (C=O) groups excluding carboxylic acids is 2. The summed E-state index contributed by atoms with van der Waals surface area (Å²) in [4.78, 5) is 23.4. The first-order valence-electron chi connectivity index (χ1n) is 7.21. The van der Waals surface area contributed by atoms with Crippen LogP contribution in [0.2, 0.25) is 0 Å². The van der Waals surface area contributed by atoms with E-state index in [1.807, 2.05) is 34.6 Å². The Bertz CT molecular complexity index is 311. The topological polar surface area (TPSA) is 61.8 Å². The number of ether oxygens (including phenoxy) is 3. The van der Waals surface area contributed by atoms with Crippen molar-refractivity contribution in [2.45, 2.75) is 73.0 Å². The summed E-state index contributed by atoms with van der Waals surface area (Å²) in [6.45, 7) is 11.1. The highest BCUT2D eigenvalue weighted by Gasteiger charge is 2.29. The van der Waals surface area contributed by atoms with Crippen LogP contribution in [-0.4, -0.2) is 30.9 Å². The van der Waals surface area contributed by atoms with Gasteiger partial charge in [0.2, 0.25) is 0 Å². The van der Waals surface area contributed by atoms with Gasteiger partial charge < -0.3 is 14.2 Å². The monoisotopic (exact) mass is 288 g/mol. The summed E-state index contributed by atoms with van der Waals surface area (Å²) >= 11 is 0. The lowest BCUT2D eigenvalue weighted by Crippen LogP contribution is -2.30. The average molecular weight is 288 g/mol. The third-order valence-corrected chi connectivity index (χ3v) is 3.35. The highest BCUT2D eigenvalue weighted by Crippen LogP contribution is 2.22. The molecule has 0 N–H and O–H groups in total. The number of hydrogen-bond donors (Lipinski definition) is 0. The van der Waals surface area contributed by atoms with E-state index in [-0.39, 0.29) is 25.3 Å². The van der Waals surface area contributed by atoms with Gasteiger partial charge in [0.1, 0.15) is 6.10 Å². The SMILES string of the molecule is CCC(C)OCOC(=O)CC(C)OC(=O)C(C)(C)CC. The Hall–Kier alpha value is -1.10. The molecule has 0 saturated heterocycles. The van der Waals surface area contributed by atoms with Crippen LogP contribution in [0.5, 0.6) is 0 Å². The molecular formula is C15H28O5. The van der Waals surface area contributed by atoms with Crippen LogP contribution < -0.4 is 0 Å². The predicted molar refractivity (Wildman–Crippen MR) is 76.0 cm³/mol. The highest BCUT2D eigenvalue weighted by atomic mass is 16.7. The highest BCUT2D eigenvalue weighted by molar-refractivity contribution is 5.76. The van der Waals surface area contributed by atoms with Gasteiger partial charge in [-0.15, -0.1) is 0 Å². The van der Waals surface area contributed by atoms with E-state index in [1.54, 1.807) is 6.92 Å². The molecule has 118 valence electrons. The van der Waals surface area contributed by atoms with Crippen LogP contribution in [0.4, 0.5) is 0 Å². The summed E-state index contributed by atoms with van der Waals surface area (Å²) in [5, 5.41) is 0. The van der Waals surface area contributed by atoms with Crippen LogP contribution in [-0.2, 0) is 23.8 Å². The molecule has 0 heterocycles. The van der Waals surface area contributed by atoms with Crippen molar-refractivity contribution in [1.29, 1.82) is 0 Å². The van der Waals surface area contributed by atoms with E-state index in [1.165, 1.54) is 0 Å². The molecule has 0 saturated carbocycles. The second-order valence-electron chi connectivity index (χ2n) is 5.68. The van der Waals surface area contributed by atoms with E-state index in [0.29, 0.717) is 6.42 Å². The van der Waals surface area contributed by atoms with E-state index >= 15 is 0 Å². The van der Waals surface area contributed by atoms with Crippen LogP contribution in [0.25, 0.3) is 0 Å². The van der Waals surface area contributed by atoms with Crippen molar-refractivity contribution in [3.05, 3.63) is 0 Å². The van der Waals surface area contributed by atoms with E-state index in [9.17, 15) is 9.59 Å². The quantitative estimate of drug-likeness (QED) is 0.482. The molecule has 0 bridgehead atoms. The predicted octanol–water partition coefficient (Wildman–Crippen LogP) is 3.06. The van der Waals surface area contributed by atoms with E-state index < -0.39 is 17.5 Å². The van der Waals surface area contributed by atoms with Crippen molar-refractivity contribution < 1.29 is 23.8 Å². The molecule has 0 aromatic rings. The molecule has 0 spiro atoms. The molecule has 0 aliphatic heterocycles. The zero-order valence-electron chi connectivity index (χ0n) is 13.5. The zero-order chi connectivity index (χ0) is 15.8. The summed E-state index contributed by atoms with van der Waals surface area (Å²) in [5.74, 6) is -0.723. The zero-order valence-corrected chi connectivity index (χ0v) is 13.5.